The quantitative estimate of drug-likeness (QED) is 0.137. The number of aryl methyl sites for hydroxylation is 6. The van der Waals surface area contributed by atoms with E-state index in [1.165, 1.54) is 54.6 Å². The molecule has 2 nitrogen and oxygen atoms in total. The number of rotatable bonds is 9. The molecule has 0 unspecified atom stereocenters. The van der Waals surface area contributed by atoms with Crippen LogP contribution in [-0.4, -0.2) is 12.3 Å². The molecule has 0 aromatic heterocycles. The molecule has 0 saturated carbocycles. The summed E-state index contributed by atoms with van der Waals surface area (Å²) in [5, 5.41) is 5.21. The first kappa shape index (κ1) is 33.7. The fraction of sp³-hybridized carbons (Fsp3) is 0.182. The van der Waals surface area contributed by atoms with Gasteiger partial charge in [-0.15, -0.1) is 0 Å². The largest absolute Gasteiger partial charge is 0.258 e. The van der Waals surface area contributed by atoms with E-state index in [1.807, 2.05) is 0 Å². The maximum absolute atomic E-state index is 6.00. The number of hydrogen-bond acceptors (Lipinski definition) is 2. The molecule has 0 spiro atoms. The molecule has 48 heavy (non-hydrogen) atoms. The lowest BCUT2D eigenvalue weighted by atomic mass is 10.1. The topological polar surface area (TPSA) is 24.7 Å². The molecule has 0 aliphatic heterocycles. The third kappa shape index (κ3) is 6.84. The number of hydrogen-bond donors (Lipinski definition) is 0. The van der Waals surface area contributed by atoms with Gasteiger partial charge >= 0.3 is 0 Å². The summed E-state index contributed by atoms with van der Waals surface area (Å²) in [5.41, 5.74) is 9.69. The molecule has 6 aromatic carbocycles. The van der Waals surface area contributed by atoms with Crippen LogP contribution in [0.1, 0.15) is 33.4 Å². The summed E-state index contributed by atoms with van der Waals surface area (Å²) in [6.45, 7) is 13.2. The van der Waals surface area contributed by atoms with Crippen molar-refractivity contribution in [3.8, 4) is 0 Å². The van der Waals surface area contributed by atoms with Gasteiger partial charge in [0.25, 0.3) is 0 Å². The van der Waals surface area contributed by atoms with Gasteiger partial charge in [0.2, 0.25) is 0 Å². The Bertz CT molecular complexity index is 1850. The molecule has 6 aromatic rings. The first-order chi connectivity index (χ1) is 23.2. The van der Waals surface area contributed by atoms with Gasteiger partial charge in [-0.25, -0.2) is 0 Å². The molecule has 242 valence electrons. The second kappa shape index (κ2) is 14.5. The van der Waals surface area contributed by atoms with Crippen LogP contribution in [0.3, 0.4) is 0 Å². The number of benzene rings is 6. The molecule has 0 aliphatic carbocycles. The van der Waals surface area contributed by atoms with Crippen molar-refractivity contribution < 1.29 is 0 Å². The van der Waals surface area contributed by atoms with E-state index in [0.717, 1.165) is 23.7 Å². The van der Waals surface area contributed by atoms with Gasteiger partial charge in [-0.1, -0.05) is 157 Å². The molecule has 0 amide bonds. The molecule has 0 bridgehead atoms. The Hall–Kier alpha value is -4.22. The highest BCUT2D eigenvalue weighted by molar-refractivity contribution is 7.84. The van der Waals surface area contributed by atoms with Gasteiger partial charge in [0, 0.05) is 14.1 Å². The second-order valence-electron chi connectivity index (χ2n) is 13.0. The fourth-order valence-electron chi connectivity index (χ4n) is 7.14. The predicted octanol–water partition coefficient (Wildman–Crippen LogP) is 11.2. The summed E-state index contributed by atoms with van der Waals surface area (Å²) in [7, 11) is -4.75. The zero-order valence-corrected chi connectivity index (χ0v) is 30.8. The molecular weight excluding hydrogens is 618 g/mol. The summed E-state index contributed by atoms with van der Waals surface area (Å²) < 4.78 is 12.0. The summed E-state index contributed by atoms with van der Waals surface area (Å²) >= 11 is 0. The Labute approximate surface area is 288 Å². The van der Waals surface area contributed by atoms with Crippen LogP contribution < -0.4 is 21.2 Å². The van der Waals surface area contributed by atoms with E-state index in [0.29, 0.717) is 0 Å². The van der Waals surface area contributed by atoms with Crippen molar-refractivity contribution in [1.82, 2.24) is 0 Å². The Morgan fingerprint density at radius 2 is 0.583 bits per heavy atom. The van der Waals surface area contributed by atoms with E-state index in [4.69, 9.17) is 9.49 Å². The van der Waals surface area contributed by atoms with Crippen LogP contribution >= 0.6 is 14.1 Å². The molecule has 4 heteroatoms. The van der Waals surface area contributed by atoms with E-state index in [-0.39, 0.29) is 0 Å². The molecule has 0 N–H and O–H groups in total. The van der Waals surface area contributed by atoms with Crippen LogP contribution in [0, 0.1) is 41.5 Å². The molecular formula is C44H46N2P2. The second-order valence-corrected chi connectivity index (χ2v) is 19.5. The fourth-order valence-corrected chi connectivity index (χ4v) is 15.7. The Kier molecular flexibility index (Phi) is 10.2. The Morgan fingerprint density at radius 3 is 0.812 bits per heavy atom. The monoisotopic (exact) mass is 664 g/mol. The van der Waals surface area contributed by atoms with Gasteiger partial charge in [0.1, 0.15) is 0 Å². The van der Waals surface area contributed by atoms with Gasteiger partial charge in [0.05, 0.1) is 11.4 Å². The van der Waals surface area contributed by atoms with Gasteiger partial charge in [0.15, 0.2) is 0 Å². The van der Waals surface area contributed by atoms with Gasteiger partial charge in [-0.3, -0.25) is 9.49 Å². The Morgan fingerprint density at radius 1 is 0.354 bits per heavy atom. The van der Waals surface area contributed by atoms with Crippen molar-refractivity contribution in [2.75, 3.05) is 12.3 Å². The molecule has 0 heterocycles. The van der Waals surface area contributed by atoms with Crippen LogP contribution in [0.25, 0.3) is 0 Å². The number of nitrogens with zero attached hydrogens (tertiary/aromatic N) is 2. The highest BCUT2D eigenvalue weighted by Crippen LogP contribution is 2.58. The SMILES string of the molecule is Cc1cc(C)c(N=P(CCP(=Nc2c(C)cc(C)cc2C)(c2ccccc2)c2ccccc2)(c2ccccc2)c2ccccc2)c(C)c1. The van der Waals surface area contributed by atoms with E-state index in [2.05, 4.69) is 187 Å². The molecule has 6 rings (SSSR count). The minimum absolute atomic E-state index is 0.888. The maximum atomic E-state index is 6.00. The van der Waals surface area contributed by atoms with Crippen molar-refractivity contribution in [2.24, 2.45) is 9.49 Å². The van der Waals surface area contributed by atoms with Crippen molar-refractivity contribution >= 4 is 46.7 Å². The average Bonchev–Trinajstić information content (AvgIpc) is 3.10. The van der Waals surface area contributed by atoms with Crippen LogP contribution in [0.15, 0.2) is 155 Å². The summed E-state index contributed by atoms with van der Waals surface area (Å²) in [5.74, 6) is 0. The van der Waals surface area contributed by atoms with E-state index in [9.17, 15) is 0 Å². The zero-order valence-electron chi connectivity index (χ0n) is 29.1. The van der Waals surface area contributed by atoms with Crippen molar-refractivity contribution in [1.29, 1.82) is 0 Å². The Balaban J connectivity index is 1.71. The normalized spacial score (nSPS) is 11.7. The molecule has 0 fully saturated rings. The highest BCUT2D eigenvalue weighted by atomic mass is 31.2. The lowest BCUT2D eigenvalue weighted by Crippen LogP contribution is -2.25. The van der Waals surface area contributed by atoms with Gasteiger partial charge in [-0.05, 0) is 97.3 Å². The van der Waals surface area contributed by atoms with E-state index < -0.39 is 14.1 Å². The minimum Gasteiger partial charge on any atom is -0.258 e. The standard InChI is InChI=1S/C44H46N2P2/c1-33-29-35(3)43(36(4)30-33)45-47(39-19-11-7-12-20-39,40-21-13-8-14-22-40)27-28-48(41-23-15-9-16-24-41,42-25-17-10-18-26-42)46-44-37(5)31-34(2)32-38(44)6/h7-26,29-32H,27-28H2,1-6H3. The lowest BCUT2D eigenvalue weighted by Gasteiger charge is -2.32. The highest BCUT2D eigenvalue weighted by Gasteiger charge is 2.32. The van der Waals surface area contributed by atoms with Gasteiger partial charge < -0.3 is 0 Å². The average molecular weight is 665 g/mol. The molecule has 0 aliphatic rings. The molecule has 0 radical (unpaired) electrons. The third-order valence-electron chi connectivity index (χ3n) is 9.29. The van der Waals surface area contributed by atoms with Crippen LogP contribution in [0.2, 0.25) is 0 Å². The molecule has 0 atom stereocenters. The van der Waals surface area contributed by atoms with E-state index >= 15 is 0 Å². The molecule has 0 saturated heterocycles. The van der Waals surface area contributed by atoms with Gasteiger partial charge in [-0.2, -0.15) is 0 Å². The van der Waals surface area contributed by atoms with Crippen molar-refractivity contribution in [3.05, 3.63) is 179 Å². The predicted molar refractivity (Wildman–Crippen MR) is 213 cm³/mol. The van der Waals surface area contributed by atoms with E-state index in [1.54, 1.807) is 0 Å². The van der Waals surface area contributed by atoms with Crippen molar-refractivity contribution in [2.45, 2.75) is 41.5 Å². The summed E-state index contributed by atoms with van der Waals surface area (Å²) in [6, 6.07) is 53.5. The van der Waals surface area contributed by atoms with Crippen molar-refractivity contribution in [3.63, 3.8) is 0 Å². The zero-order chi connectivity index (χ0) is 33.7. The van der Waals surface area contributed by atoms with Crippen LogP contribution in [0.4, 0.5) is 11.4 Å². The summed E-state index contributed by atoms with van der Waals surface area (Å²) in [6.07, 6.45) is 1.78. The van der Waals surface area contributed by atoms with Crippen LogP contribution in [-0.2, 0) is 0 Å². The first-order valence-electron chi connectivity index (χ1n) is 16.8. The maximum Gasteiger partial charge on any atom is 0.0679 e. The van der Waals surface area contributed by atoms with Crippen LogP contribution in [0.5, 0.6) is 0 Å². The first-order valence-corrected chi connectivity index (χ1v) is 20.7. The third-order valence-corrected chi connectivity index (χ3v) is 17.1. The smallest absolute Gasteiger partial charge is 0.0679 e. The minimum atomic E-state index is -2.37. The summed E-state index contributed by atoms with van der Waals surface area (Å²) in [4.78, 5) is 0. The lowest BCUT2D eigenvalue weighted by molar-refractivity contribution is 1.28.